The zero-order valence-electron chi connectivity index (χ0n) is 10.0. The summed E-state index contributed by atoms with van der Waals surface area (Å²) in [4.78, 5) is 11.4. The van der Waals surface area contributed by atoms with Gasteiger partial charge in [0.05, 0.1) is 12.6 Å². The highest BCUT2D eigenvalue weighted by Crippen LogP contribution is 2.26. The number of aromatic nitrogens is 1. The summed E-state index contributed by atoms with van der Waals surface area (Å²) in [5.41, 5.74) is 0.994. The quantitative estimate of drug-likeness (QED) is 0.413. The van der Waals surface area contributed by atoms with Gasteiger partial charge in [-0.05, 0) is 12.1 Å². The van der Waals surface area contributed by atoms with E-state index in [1.807, 2.05) is 22.9 Å². The maximum absolute atomic E-state index is 13.3. The molecule has 1 amide bonds. The summed E-state index contributed by atoms with van der Waals surface area (Å²) in [5, 5.41) is 8.66. The summed E-state index contributed by atoms with van der Waals surface area (Å²) >= 11 is 0. The second-order valence-corrected chi connectivity index (χ2v) is 4.34. The number of fused-ring (bicyclic) bond motifs is 1. The smallest absolute Gasteiger partial charge is 0.299 e. The predicted octanol–water partition coefficient (Wildman–Crippen LogP) is -2.06. The molecule has 0 spiro atoms. The van der Waals surface area contributed by atoms with Crippen molar-refractivity contribution in [3.8, 4) is 0 Å². The molecular formula is C11H15Cl2FN4O. The number of pyridine rings is 1. The Kier molecular flexibility index (Phi) is 5.20. The van der Waals surface area contributed by atoms with E-state index >= 15 is 0 Å². The molecule has 3 rings (SSSR count). The molecule has 0 saturated carbocycles. The molecule has 3 heterocycles. The van der Waals surface area contributed by atoms with Crippen molar-refractivity contribution in [1.29, 1.82) is 0 Å². The van der Waals surface area contributed by atoms with Crippen LogP contribution in [0.25, 0.3) is 0 Å². The molecule has 0 bridgehead atoms. The first-order valence-electron chi connectivity index (χ1n) is 5.69. The molecular weight excluding hydrogens is 294 g/mol. The molecule has 2 aliphatic rings. The zero-order valence-corrected chi connectivity index (χ0v) is 11.6. The fourth-order valence-corrected chi connectivity index (χ4v) is 2.42. The van der Waals surface area contributed by atoms with Gasteiger partial charge in [-0.2, -0.15) is 0 Å². The second kappa shape index (κ2) is 6.25. The van der Waals surface area contributed by atoms with Gasteiger partial charge in [-0.25, -0.2) is 8.96 Å². The average Bonchev–Trinajstić information content (AvgIpc) is 2.75. The normalized spacial score (nSPS) is 23.9. The number of amides is 1. The molecule has 1 aromatic rings. The summed E-state index contributed by atoms with van der Waals surface area (Å²) in [6, 6.07) is 3.74. The maximum atomic E-state index is 13.3. The molecule has 1 fully saturated rings. The van der Waals surface area contributed by atoms with Gasteiger partial charge < -0.3 is 23.0 Å². The first-order chi connectivity index (χ1) is 8.24. The van der Waals surface area contributed by atoms with Crippen molar-refractivity contribution in [2.24, 2.45) is 0 Å². The van der Waals surface area contributed by atoms with Crippen LogP contribution >= 0.6 is 12.4 Å². The van der Waals surface area contributed by atoms with Crippen LogP contribution in [0, 0.1) is 0 Å². The first-order valence-corrected chi connectivity index (χ1v) is 5.69. The van der Waals surface area contributed by atoms with Crippen LogP contribution in [0.2, 0.25) is 0 Å². The van der Waals surface area contributed by atoms with Gasteiger partial charge in [0.15, 0.2) is 13.0 Å². The number of alkyl halides is 1. The number of nitrogens with zero attached hydrogens (tertiary/aromatic N) is 1. The third-order valence-corrected chi connectivity index (χ3v) is 3.17. The number of carbonyl (C=O) groups excluding carboxylic acids is 1. The molecule has 0 radical (unpaired) electrons. The predicted molar refractivity (Wildman–Crippen MR) is 67.3 cm³/mol. The summed E-state index contributed by atoms with van der Waals surface area (Å²) in [5.74, 6) is 0.698. The van der Waals surface area contributed by atoms with Crippen molar-refractivity contribution in [2.45, 2.75) is 25.2 Å². The van der Waals surface area contributed by atoms with Crippen molar-refractivity contribution in [3.63, 3.8) is 0 Å². The first kappa shape index (κ1) is 15.8. The Balaban J connectivity index is 0.000000902. The Hall–Kier alpha value is -1.27. The summed E-state index contributed by atoms with van der Waals surface area (Å²) in [6.07, 6.45) is 1.27. The largest absolute Gasteiger partial charge is 1.00 e. The van der Waals surface area contributed by atoms with Crippen molar-refractivity contribution in [3.05, 3.63) is 18.3 Å². The highest BCUT2D eigenvalue weighted by molar-refractivity contribution is 5.85. The molecule has 2 unspecified atom stereocenters. The number of anilines is 2. The van der Waals surface area contributed by atoms with E-state index in [4.69, 9.17) is 0 Å². The lowest BCUT2D eigenvalue weighted by atomic mass is 10.0. The van der Waals surface area contributed by atoms with Gasteiger partial charge in [-0.15, -0.1) is 12.4 Å². The van der Waals surface area contributed by atoms with E-state index in [2.05, 4.69) is 16.0 Å². The fraction of sp³-hybridized carbons (Fsp3) is 0.455. The molecule has 0 aliphatic carbocycles. The highest BCUT2D eigenvalue weighted by Gasteiger charge is 2.33. The average molecular weight is 309 g/mol. The SMILES string of the molecule is Cl.O=C1CC([n+]2cccc3c2NCN3)CC(F)N1.[Cl-]. The van der Waals surface area contributed by atoms with Gasteiger partial charge in [0.1, 0.15) is 11.7 Å². The molecule has 2 aliphatic heterocycles. The highest BCUT2D eigenvalue weighted by atomic mass is 35.5. The number of hydrogen-bond donors (Lipinski definition) is 3. The zero-order chi connectivity index (χ0) is 11.8. The van der Waals surface area contributed by atoms with Gasteiger partial charge in [0, 0.05) is 6.42 Å². The van der Waals surface area contributed by atoms with Gasteiger partial charge in [-0.3, -0.25) is 10.1 Å². The third-order valence-electron chi connectivity index (χ3n) is 3.17. The van der Waals surface area contributed by atoms with E-state index in [0.717, 1.165) is 11.5 Å². The summed E-state index contributed by atoms with van der Waals surface area (Å²) < 4.78 is 15.3. The molecule has 1 aromatic heterocycles. The number of piperidine rings is 1. The monoisotopic (exact) mass is 308 g/mol. The lowest BCUT2D eigenvalue weighted by Gasteiger charge is -2.24. The third kappa shape index (κ3) is 3.01. The van der Waals surface area contributed by atoms with Crippen LogP contribution in [-0.4, -0.2) is 18.9 Å². The summed E-state index contributed by atoms with van der Waals surface area (Å²) in [7, 11) is 0. The lowest BCUT2D eigenvalue weighted by Crippen LogP contribution is -3.00. The van der Waals surface area contributed by atoms with Crippen LogP contribution in [0.4, 0.5) is 15.9 Å². The van der Waals surface area contributed by atoms with Crippen LogP contribution in [-0.2, 0) is 4.79 Å². The molecule has 106 valence electrons. The molecule has 3 N–H and O–H groups in total. The number of rotatable bonds is 1. The van der Waals surface area contributed by atoms with Crippen molar-refractivity contribution >= 4 is 29.8 Å². The number of halogens is 3. The molecule has 19 heavy (non-hydrogen) atoms. The Bertz CT molecular complexity index is 474. The second-order valence-electron chi connectivity index (χ2n) is 4.34. The number of carbonyl (C=O) groups is 1. The van der Waals surface area contributed by atoms with Gasteiger partial charge in [0.2, 0.25) is 5.91 Å². The van der Waals surface area contributed by atoms with Gasteiger partial charge >= 0.3 is 0 Å². The van der Waals surface area contributed by atoms with E-state index in [1.54, 1.807) is 0 Å². The Labute approximate surface area is 122 Å². The lowest BCUT2D eigenvalue weighted by molar-refractivity contribution is -0.710. The maximum Gasteiger partial charge on any atom is 0.299 e. The van der Waals surface area contributed by atoms with E-state index in [-0.39, 0.29) is 36.8 Å². The minimum Gasteiger partial charge on any atom is -1.00 e. The minimum atomic E-state index is -1.25. The Morgan fingerprint density at radius 2 is 2.16 bits per heavy atom. The van der Waals surface area contributed by atoms with Gasteiger partial charge in [-0.1, -0.05) is 0 Å². The molecule has 5 nitrogen and oxygen atoms in total. The molecule has 2 atom stereocenters. The van der Waals surface area contributed by atoms with Crippen LogP contribution < -0.4 is 32.9 Å². The van der Waals surface area contributed by atoms with Crippen LogP contribution in [0.15, 0.2) is 18.3 Å². The number of hydrogen-bond acceptors (Lipinski definition) is 3. The van der Waals surface area contributed by atoms with E-state index in [9.17, 15) is 9.18 Å². The topological polar surface area (TPSA) is 57.0 Å². The Morgan fingerprint density at radius 1 is 1.37 bits per heavy atom. The molecule has 1 saturated heterocycles. The van der Waals surface area contributed by atoms with Crippen LogP contribution in [0.3, 0.4) is 0 Å². The van der Waals surface area contributed by atoms with E-state index in [1.165, 1.54) is 0 Å². The number of nitrogens with one attached hydrogen (secondary N) is 3. The summed E-state index contributed by atoms with van der Waals surface area (Å²) in [6.45, 7) is 0.664. The molecule has 8 heteroatoms. The van der Waals surface area contributed by atoms with Crippen LogP contribution in [0.1, 0.15) is 18.9 Å². The van der Waals surface area contributed by atoms with Crippen molar-refractivity contribution in [1.82, 2.24) is 5.32 Å². The van der Waals surface area contributed by atoms with Crippen LogP contribution in [0.5, 0.6) is 0 Å². The van der Waals surface area contributed by atoms with Crippen molar-refractivity contribution < 1.29 is 26.2 Å². The fourth-order valence-electron chi connectivity index (χ4n) is 2.42. The Morgan fingerprint density at radius 3 is 2.89 bits per heavy atom. The van der Waals surface area contributed by atoms with E-state index in [0.29, 0.717) is 19.5 Å². The minimum absolute atomic E-state index is 0. The standard InChI is InChI=1S/C11H13FN4O.2ClH/c12-9-4-7(5-10(17)15-9)16-3-1-2-8-11(16)14-6-13-8;;/h1-3,7,9,13H,4-6H2,(H,15,17);2*1H. The molecule has 0 aromatic carbocycles. The van der Waals surface area contributed by atoms with Gasteiger partial charge in [0.25, 0.3) is 5.82 Å². The van der Waals surface area contributed by atoms with Crippen molar-refractivity contribution in [2.75, 3.05) is 17.3 Å². The van der Waals surface area contributed by atoms with E-state index < -0.39 is 6.30 Å².